The van der Waals surface area contributed by atoms with E-state index in [4.69, 9.17) is 0 Å². The maximum absolute atomic E-state index is 10.1. The van der Waals surface area contributed by atoms with Gasteiger partial charge in [0.25, 0.3) is 0 Å². The van der Waals surface area contributed by atoms with Gasteiger partial charge in [-0.25, -0.2) is 0 Å². The molecule has 2 N–H and O–H groups in total. The molecule has 0 radical (unpaired) electrons. The SMILES string of the molecule is CCCCC(CC)CC(O)C(O)c1ccccc1. The minimum absolute atomic E-state index is 0.512. The van der Waals surface area contributed by atoms with Crippen LogP contribution in [0, 0.1) is 5.92 Å². The molecule has 0 aliphatic carbocycles. The molecule has 1 aromatic carbocycles. The van der Waals surface area contributed by atoms with E-state index in [1.54, 1.807) is 0 Å². The van der Waals surface area contributed by atoms with Crippen molar-refractivity contribution in [1.29, 1.82) is 0 Å². The second-order valence-corrected chi connectivity index (χ2v) is 5.08. The highest BCUT2D eigenvalue weighted by Crippen LogP contribution is 2.25. The van der Waals surface area contributed by atoms with Crippen LogP contribution >= 0.6 is 0 Å². The summed E-state index contributed by atoms with van der Waals surface area (Å²) < 4.78 is 0. The maximum Gasteiger partial charge on any atom is 0.105 e. The molecule has 0 fully saturated rings. The number of aliphatic hydroxyl groups is 2. The summed E-state index contributed by atoms with van der Waals surface area (Å²) in [6, 6.07) is 9.42. The molecule has 102 valence electrons. The van der Waals surface area contributed by atoms with E-state index in [-0.39, 0.29) is 0 Å². The van der Waals surface area contributed by atoms with Gasteiger partial charge in [0.2, 0.25) is 0 Å². The van der Waals surface area contributed by atoms with Crippen molar-refractivity contribution in [3.05, 3.63) is 35.9 Å². The van der Waals surface area contributed by atoms with Crippen LogP contribution in [0.15, 0.2) is 30.3 Å². The fourth-order valence-electron chi connectivity index (χ4n) is 2.32. The molecular weight excluding hydrogens is 224 g/mol. The predicted molar refractivity (Wildman–Crippen MR) is 75.3 cm³/mol. The first-order valence-corrected chi connectivity index (χ1v) is 7.10. The first-order chi connectivity index (χ1) is 8.69. The Balaban J connectivity index is 2.50. The summed E-state index contributed by atoms with van der Waals surface area (Å²) in [5, 5.41) is 20.2. The van der Waals surface area contributed by atoms with E-state index in [0.29, 0.717) is 12.3 Å². The van der Waals surface area contributed by atoms with Gasteiger partial charge in [0, 0.05) is 0 Å². The topological polar surface area (TPSA) is 40.5 Å². The molecule has 0 bridgehead atoms. The van der Waals surface area contributed by atoms with E-state index in [1.165, 1.54) is 12.8 Å². The Morgan fingerprint density at radius 2 is 1.72 bits per heavy atom. The highest BCUT2D eigenvalue weighted by molar-refractivity contribution is 5.18. The zero-order valence-corrected chi connectivity index (χ0v) is 11.5. The van der Waals surface area contributed by atoms with Crippen molar-refractivity contribution < 1.29 is 10.2 Å². The molecule has 3 unspecified atom stereocenters. The predicted octanol–water partition coefficient (Wildman–Crippen LogP) is 3.69. The lowest BCUT2D eigenvalue weighted by Crippen LogP contribution is -2.21. The van der Waals surface area contributed by atoms with Gasteiger partial charge < -0.3 is 10.2 Å². The third-order valence-corrected chi connectivity index (χ3v) is 3.62. The van der Waals surface area contributed by atoms with Gasteiger partial charge in [-0.1, -0.05) is 69.9 Å². The van der Waals surface area contributed by atoms with Crippen molar-refractivity contribution in [1.82, 2.24) is 0 Å². The van der Waals surface area contributed by atoms with Crippen LogP contribution in [0.2, 0.25) is 0 Å². The average molecular weight is 250 g/mol. The molecule has 1 rings (SSSR count). The van der Waals surface area contributed by atoms with E-state index < -0.39 is 12.2 Å². The molecule has 2 heteroatoms. The Hall–Kier alpha value is -0.860. The molecule has 0 spiro atoms. The number of rotatable bonds is 8. The number of hydrogen-bond donors (Lipinski definition) is 2. The van der Waals surface area contributed by atoms with Crippen LogP contribution in [0.25, 0.3) is 0 Å². The zero-order valence-electron chi connectivity index (χ0n) is 11.5. The summed E-state index contributed by atoms with van der Waals surface area (Å²) in [6.07, 6.45) is 3.87. The van der Waals surface area contributed by atoms with E-state index >= 15 is 0 Å². The summed E-state index contributed by atoms with van der Waals surface area (Å²) in [5.41, 5.74) is 0.801. The van der Waals surface area contributed by atoms with Crippen LogP contribution in [0.5, 0.6) is 0 Å². The monoisotopic (exact) mass is 250 g/mol. The smallest absolute Gasteiger partial charge is 0.105 e. The first kappa shape index (κ1) is 15.2. The van der Waals surface area contributed by atoms with E-state index in [9.17, 15) is 10.2 Å². The fraction of sp³-hybridized carbons (Fsp3) is 0.625. The standard InChI is InChI=1S/C16H26O2/c1-3-5-9-13(4-2)12-15(17)16(18)14-10-7-6-8-11-14/h6-8,10-11,13,15-18H,3-5,9,12H2,1-2H3. The van der Waals surface area contributed by atoms with Gasteiger partial charge in [-0.15, -0.1) is 0 Å². The quantitative estimate of drug-likeness (QED) is 0.738. The summed E-state index contributed by atoms with van der Waals surface area (Å²) >= 11 is 0. The van der Waals surface area contributed by atoms with Gasteiger partial charge in [-0.05, 0) is 17.9 Å². The lowest BCUT2D eigenvalue weighted by atomic mass is 9.90. The van der Waals surface area contributed by atoms with Crippen molar-refractivity contribution in [2.45, 2.75) is 58.2 Å². The number of hydrogen-bond acceptors (Lipinski definition) is 2. The molecule has 0 amide bonds. The minimum Gasteiger partial charge on any atom is -0.390 e. The lowest BCUT2D eigenvalue weighted by Gasteiger charge is -2.23. The largest absolute Gasteiger partial charge is 0.390 e. The molecule has 0 aromatic heterocycles. The van der Waals surface area contributed by atoms with E-state index in [2.05, 4.69) is 13.8 Å². The lowest BCUT2D eigenvalue weighted by molar-refractivity contribution is 0.00236. The average Bonchev–Trinajstić information content (AvgIpc) is 2.43. The molecule has 3 atom stereocenters. The Morgan fingerprint density at radius 1 is 1.06 bits per heavy atom. The second-order valence-electron chi connectivity index (χ2n) is 5.08. The van der Waals surface area contributed by atoms with E-state index in [1.807, 2.05) is 30.3 Å². The molecule has 0 aliphatic heterocycles. The fourth-order valence-corrected chi connectivity index (χ4v) is 2.32. The van der Waals surface area contributed by atoms with Gasteiger partial charge in [-0.2, -0.15) is 0 Å². The van der Waals surface area contributed by atoms with Gasteiger partial charge in [0.1, 0.15) is 6.10 Å². The van der Waals surface area contributed by atoms with Gasteiger partial charge >= 0.3 is 0 Å². The van der Waals surface area contributed by atoms with Crippen molar-refractivity contribution >= 4 is 0 Å². The van der Waals surface area contributed by atoms with E-state index in [0.717, 1.165) is 18.4 Å². The van der Waals surface area contributed by atoms with Gasteiger partial charge in [0.15, 0.2) is 0 Å². The highest BCUT2D eigenvalue weighted by Gasteiger charge is 2.21. The molecule has 0 saturated heterocycles. The van der Waals surface area contributed by atoms with Crippen LogP contribution in [-0.4, -0.2) is 16.3 Å². The third-order valence-electron chi connectivity index (χ3n) is 3.62. The molecule has 1 aromatic rings. The third kappa shape index (κ3) is 4.79. The normalized spacial score (nSPS) is 16.2. The summed E-state index contributed by atoms with van der Waals surface area (Å²) in [7, 11) is 0. The molecule has 0 aliphatic rings. The summed E-state index contributed by atoms with van der Waals surface area (Å²) in [4.78, 5) is 0. The molecular formula is C16H26O2. The van der Waals surface area contributed by atoms with Crippen molar-refractivity contribution in [2.24, 2.45) is 5.92 Å². The minimum atomic E-state index is -0.762. The van der Waals surface area contributed by atoms with Gasteiger partial charge in [-0.3, -0.25) is 0 Å². The zero-order chi connectivity index (χ0) is 13.4. The number of aliphatic hydroxyl groups excluding tert-OH is 2. The van der Waals surface area contributed by atoms with Crippen LogP contribution < -0.4 is 0 Å². The molecule has 0 heterocycles. The van der Waals surface area contributed by atoms with Crippen LogP contribution in [-0.2, 0) is 0 Å². The highest BCUT2D eigenvalue weighted by atomic mass is 16.3. The number of unbranched alkanes of at least 4 members (excludes halogenated alkanes) is 1. The first-order valence-electron chi connectivity index (χ1n) is 7.10. The molecule has 2 nitrogen and oxygen atoms in total. The Bertz CT molecular complexity index is 310. The van der Waals surface area contributed by atoms with Gasteiger partial charge in [0.05, 0.1) is 6.10 Å². The second kappa shape index (κ2) is 8.28. The van der Waals surface area contributed by atoms with Crippen molar-refractivity contribution in [2.75, 3.05) is 0 Å². The Labute approximate surface area is 111 Å². The van der Waals surface area contributed by atoms with Crippen LogP contribution in [0.1, 0.15) is 57.6 Å². The summed E-state index contributed by atoms with van der Waals surface area (Å²) in [5.74, 6) is 0.512. The number of benzene rings is 1. The van der Waals surface area contributed by atoms with Crippen LogP contribution in [0.3, 0.4) is 0 Å². The molecule has 0 saturated carbocycles. The Kier molecular flexibility index (Phi) is 6.99. The molecule has 18 heavy (non-hydrogen) atoms. The van der Waals surface area contributed by atoms with Crippen LogP contribution in [0.4, 0.5) is 0 Å². The maximum atomic E-state index is 10.1. The Morgan fingerprint density at radius 3 is 2.28 bits per heavy atom. The summed E-state index contributed by atoms with van der Waals surface area (Å²) in [6.45, 7) is 4.34. The van der Waals surface area contributed by atoms with Crippen molar-refractivity contribution in [3.8, 4) is 0 Å². The van der Waals surface area contributed by atoms with Crippen molar-refractivity contribution in [3.63, 3.8) is 0 Å².